The second kappa shape index (κ2) is 7.32. The van der Waals surface area contributed by atoms with E-state index in [0.29, 0.717) is 5.13 Å². The summed E-state index contributed by atoms with van der Waals surface area (Å²) >= 11 is 1.29. The third kappa shape index (κ3) is 3.70. The molecule has 0 spiro atoms. The number of carbonyl (C=O) groups is 1. The van der Waals surface area contributed by atoms with E-state index in [1.807, 2.05) is 29.6 Å². The Labute approximate surface area is 153 Å². The molecule has 0 aliphatic heterocycles. The van der Waals surface area contributed by atoms with E-state index in [9.17, 15) is 14.9 Å². The number of thiazole rings is 1. The Balaban J connectivity index is 1.77. The molecule has 0 bridgehead atoms. The number of anilines is 2. The summed E-state index contributed by atoms with van der Waals surface area (Å²) < 4.78 is 0. The summed E-state index contributed by atoms with van der Waals surface area (Å²) in [5.41, 5.74) is 8.37. The van der Waals surface area contributed by atoms with Gasteiger partial charge in [-0.2, -0.15) is 0 Å². The molecule has 8 heteroatoms. The van der Waals surface area contributed by atoms with Gasteiger partial charge in [-0.05, 0) is 24.1 Å². The zero-order chi connectivity index (χ0) is 18.7. The number of rotatable bonds is 5. The number of carbonyl (C=O) groups excluding carboxylic acids is 1. The molecule has 0 saturated heterocycles. The molecule has 0 fully saturated rings. The quantitative estimate of drug-likeness (QED) is 0.400. The van der Waals surface area contributed by atoms with Crippen LogP contribution in [0.15, 0.2) is 47.8 Å². The maximum Gasteiger partial charge on any atom is 0.292 e. The van der Waals surface area contributed by atoms with E-state index in [1.165, 1.54) is 29.0 Å². The molecule has 0 aliphatic carbocycles. The zero-order valence-corrected chi connectivity index (χ0v) is 14.7. The topological polar surface area (TPSA) is 111 Å². The molecule has 1 aromatic heterocycles. The fourth-order valence-corrected chi connectivity index (χ4v) is 3.10. The van der Waals surface area contributed by atoms with Crippen molar-refractivity contribution in [2.24, 2.45) is 0 Å². The van der Waals surface area contributed by atoms with Crippen LogP contribution in [0.25, 0.3) is 11.3 Å². The Kier molecular flexibility index (Phi) is 4.94. The summed E-state index contributed by atoms with van der Waals surface area (Å²) in [6, 6.07) is 12.0. The molecule has 3 rings (SSSR count). The van der Waals surface area contributed by atoms with Gasteiger partial charge in [0.2, 0.25) is 0 Å². The van der Waals surface area contributed by atoms with Crippen molar-refractivity contribution in [1.29, 1.82) is 0 Å². The lowest BCUT2D eigenvalue weighted by molar-refractivity contribution is -0.383. The number of nitrogens with zero attached hydrogens (tertiary/aromatic N) is 2. The van der Waals surface area contributed by atoms with Gasteiger partial charge in [0.15, 0.2) is 5.13 Å². The fraction of sp³-hybridized carbons (Fsp3) is 0.111. The summed E-state index contributed by atoms with van der Waals surface area (Å²) in [5.74, 6) is -0.477. The van der Waals surface area contributed by atoms with Gasteiger partial charge in [-0.1, -0.05) is 31.2 Å². The largest absolute Gasteiger partial charge is 0.393 e. The third-order valence-corrected chi connectivity index (χ3v) is 4.63. The highest BCUT2D eigenvalue weighted by atomic mass is 32.1. The molecule has 3 aromatic rings. The number of nitrogen functional groups attached to an aromatic ring is 1. The lowest BCUT2D eigenvalue weighted by atomic mass is 10.1. The highest BCUT2D eigenvalue weighted by molar-refractivity contribution is 7.14. The monoisotopic (exact) mass is 368 g/mol. The van der Waals surface area contributed by atoms with Gasteiger partial charge < -0.3 is 5.73 Å². The molecule has 0 unspecified atom stereocenters. The fourth-order valence-electron chi connectivity index (χ4n) is 2.39. The Bertz CT molecular complexity index is 967. The Morgan fingerprint density at radius 3 is 2.65 bits per heavy atom. The number of nitro benzene ring substituents is 1. The summed E-state index contributed by atoms with van der Waals surface area (Å²) in [7, 11) is 0. The van der Waals surface area contributed by atoms with Crippen LogP contribution in [-0.2, 0) is 6.42 Å². The molecule has 1 amide bonds. The average Bonchev–Trinajstić information content (AvgIpc) is 3.10. The van der Waals surface area contributed by atoms with Crippen LogP contribution >= 0.6 is 11.3 Å². The second-order valence-electron chi connectivity index (χ2n) is 5.57. The molecule has 3 N–H and O–H groups in total. The van der Waals surface area contributed by atoms with E-state index in [1.54, 1.807) is 0 Å². The number of hydrogen-bond donors (Lipinski definition) is 2. The highest BCUT2D eigenvalue weighted by Crippen LogP contribution is 2.27. The van der Waals surface area contributed by atoms with E-state index in [0.717, 1.165) is 23.7 Å². The van der Waals surface area contributed by atoms with Gasteiger partial charge in [0.25, 0.3) is 11.6 Å². The van der Waals surface area contributed by atoms with Gasteiger partial charge in [0, 0.05) is 22.6 Å². The summed E-state index contributed by atoms with van der Waals surface area (Å²) in [6.07, 6.45) is 0.965. The van der Waals surface area contributed by atoms with Crippen molar-refractivity contribution in [2.75, 3.05) is 11.1 Å². The van der Waals surface area contributed by atoms with Crippen molar-refractivity contribution < 1.29 is 9.72 Å². The first-order valence-electron chi connectivity index (χ1n) is 7.88. The maximum atomic E-state index is 12.3. The molecule has 0 radical (unpaired) electrons. The molecule has 2 aromatic carbocycles. The van der Waals surface area contributed by atoms with Crippen molar-refractivity contribution in [1.82, 2.24) is 4.98 Å². The van der Waals surface area contributed by atoms with Crippen molar-refractivity contribution in [3.05, 3.63) is 69.1 Å². The molecule has 0 saturated carbocycles. The first-order valence-corrected chi connectivity index (χ1v) is 8.76. The number of nitrogens with one attached hydrogen (secondary N) is 1. The molecule has 132 valence electrons. The van der Waals surface area contributed by atoms with Gasteiger partial charge in [-0.15, -0.1) is 11.3 Å². The van der Waals surface area contributed by atoms with Crippen LogP contribution in [0.4, 0.5) is 16.5 Å². The van der Waals surface area contributed by atoms with Gasteiger partial charge in [0.05, 0.1) is 10.6 Å². The van der Waals surface area contributed by atoms with Crippen LogP contribution in [0.3, 0.4) is 0 Å². The molecule has 0 aliphatic rings. The summed E-state index contributed by atoms with van der Waals surface area (Å²) in [5, 5.41) is 15.9. The maximum absolute atomic E-state index is 12.3. The smallest absolute Gasteiger partial charge is 0.292 e. The van der Waals surface area contributed by atoms with Crippen LogP contribution < -0.4 is 11.1 Å². The number of aromatic nitrogens is 1. The first-order chi connectivity index (χ1) is 12.5. The van der Waals surface area contributed by atoms with Crippen LogP contribution in [-0.4, -0.2) is 15.8 Å². The second-order valence-corrected chi connectivity index (χ2v) is 6.43. The average molecular weight is 368 g/mol. The SMILES string of the molecule is CCc1ccc(-c2csc(NC(=O)c3ccc(N)c([N+](=O)[O-])c3)n2)cc1. The minimum atomic E-state index is -0.617. The van der Waals surface area contributed by atoms with E-state index in [4.69, 9.17) is 5.73 Å². The highest BCUT2D eigenvalue weighted by Gasteiger charge is 2.16. The Morgan fingerprint density at radius 1 is 1.27 bits per heavy atom. The minimum absolute atomic E-state index is 0.0126. The Hall–Kier alpha value is -3.26. The van der Waals surface area contributed by atoms with Crippen LogP contribution in [0.5, 0.6) is 0 Å². The normalized spacial score (nSPS) is 10.5. The molecule has 7 nitrogen and oxygen atoms in total. The molecule has 0 atom stereocenters. The molecule has 26 heavy (non-hydrogen) atoms. The number of amides is 1. The van der Waals surface area contributed by atoms with Gasteiger partial charge in [0.1, 0.15) is 5.69 Å². The van der Waals surface area contributed by atoms with Crippen molar-refractivity contribution in [2.45, 2.75) is 13.3 Å². The van der Waals surface area contributed by atoms with E-state index >= 15 is 0 Å². The van der Waals surface area contributed by atoms with Gasteiger partial charge in [-0.25, -0.2) is 4.98 Å². The van der Waals surface area contributed by atoms with Crippen molar-refractivity contribution in [3.63, 3.8) is 0 Å². The summed E-state index contributed by atoms with van der Waals surface area (Å²) in [4.78, 5) is 27.1. The lowest BCUT2D eigenvalue weighted by Gasteiger charge is -2.03. The zero-order valence-electron chi connectivity index (χ0n) is 13.9. The first kappa shape index (κ1) is 17.6. The van der Waals surface area contributed by atoms with E-state index < -0.39 is 10.8 Å². The molecule has 1 heterocycles. The Morgan fingerprint density at radius 2 is 2.00 bits per heavy atom. The molecular formula is C18H16N4O3S. The summed E-state index contributed by atoms with van der Waals surface area (Å²) in [6.45, 7) is 2.09. The number of benzene rings is 2. The minimum Gasteiger partial charge on any atom is -0.393 e. The van der Waals surface area contributed by atoms with Gasteiger partial charge in [-0.3, -0.25) is 20.2 Å². The number of nitrogens with two attached hydrogens (primary N) is 1. The van der Waals surface area contributed by atoms with Crippen LogP contribution in [0.2, 0.25) is 0 Å². The van der Waals surface area contributed by atoms with Crippen molar-refractivity contribution >= 4 is 33.8 Å². The third-order valence-electron chi connectivity index (χ3n) is 3.87. The predicted molar refractivity (Wildman–Crippen MR) is 102 cm³/mol. The van der Waals surface area contributed by atoms with E-state index in [-0.39, 0.29) is 16.9 Å². The molecular weight excluding hydrogens is 352 g/mol. The van der Waals surface area contributed by atoms with Crippen LogP contribution in [0, 0.1) is 10.1 Å². The van der Waals surface area contributed by atoms with E-state index in [2.05, 4.69) is 17.2 Å². The predicted octanol–water partition coefficient (Wildman–Crippen LogP) is 4.12. The number of nitro groups is 1. The van der Waals surface area contributed by atoms with Gasteiger partial charge >= 0.3 is 0 Å². The standard InChI is InChI=1S/C18H16N4O3S/c1-2-11-3-5-12(6-4-11)15-10-26-18(20-15)21-17(23)13-7-8-14(19)16(9-13)22(24)25/h3-10H,2,19H2,1H3,(H,20,21,23). The van der Waals surface area contributed by atoms with Crippen molar-refractivity contribution in [3.8, 4) is 11.3 Å². The van der Waals surface area contributed by atoms with Crippen LogP contribution in [0.1, 0.15) is 22.8 Å². The number of aryl methyl sites for hydroxylation is 1. The lowest BCUT2D eigenvalue weighted by Crippen LogP contribution is -2.12. The number of hydrogen-bond acceptors (Lipinski definition) is 6.